The van der Waals surface area contributed by atoms with Gasteiger partial charge in [0, 0.05) is 5.69 Å². The molecule has 0 amide bonds. The number of rotatable bonds is 4. The van der Waals surface area contributed by atoms with Crippen LogP contribution in [0, 0.1) is 0 Å². The minimum atomic E-state index is -4.77. The van der Waals surface area contributed by atoms with Crippen LogP contribution in [0.25, 0.3) is 0 Å². The summed E-state index contributed by atoms with van der Waals surface area (Å²) >= 11 is 0. The zero-order valence-corrected chi connectivity index (χ0v) is 11.9. The van der Waals surface area contributed by atoms with Crippen molar-refractivity contribution < 1.29 is 32.2 Å². The Kier molecular flexibility index (Phi) is 4.63. The minimum absolute atomic E-state index is 0.100. The molecule has 0 heterocycles. The molecule has 0 aliphatic rings. The van der Waals surface area contributed by atoms with Crippen molar-refractivity contribution in [3.05, 3.63) is 48.0 Å². The number of methoxy groups -OCH3 is 1. The lowest BCUT2D eigenvalue weighted by Gasteiger charge is -2.12. The molecule has 2 aromatic carbocycles. The number of benzene rings is 2. The summed E-state index contributed by atoms with van der Waals surface area (Å²) < 4.78 is 50.1. The van der Waals surface area contributed by atoms with E-state index in [4.69, 9.17) is 10.5 Å². The Morgan fingerprint density at radius 3 is 2.22 bits per heavy atom. The van der Waals surface area contributed by atoms with Crippen LogP contribution in [0.1, 0.15) is 10.4 Å². The molecule has 0 unspecified atom stereocenters. The van der Waals surface area contributed by atoms with E-state index < -0.39 is 12.3 Å². The summed E-state index contributed by atoms with van der Waals surface area (Å²) in [5.74, 6) is -0.648. The van der Waals surface area contributed by atoms with Gasteiger partial charge in [0.25, 0.3) is 0 Å². The number of esters is 1. The van der Waals surface area contributed by atoms with Crippen molar-refractivity contribution in [1.29, 1.82) is 0 Å². The average Bonchev–Trinajstić information content (AvgIpc) is 2.48. The van der Waals surface area contributed by atoms with E-state index in [-0.39, 0.29) is 22.8 Å². The Morgan fingerprint density at radius 2 is 1.65 bits per heavy atom. The fraction of sp³-hybridized carbons (Fsp3) is 0.133. The van der Waals surface area contributed by atoms with Gasteiger partial charge in [-0.1, -0.05) is 0 Å². The van der Waals surface area contributed by atoms with E-state index in [0.717, 1.165) is 12.1 Å². The van der Waals surface area contributed by atoms with Gasteiger partial charge >= 0.3 is 12.3 Å². The first-order valence-electron chi connectivity index (χ1n) is 6.30. The predicted molar refractivity (Wildman–Crippen MR) is 75.4 cm³/mol. The van der Waals surface area contributed by atoms with E-state index in [0.29, 0.717) is 5.69 Å². The van der Waals surface area contributed by atoms with Crippen LogP contribution in [0.5, 0.6) is 17.2 Å². The normalized spacial score (nSPS) is 11.0. The predicted octanol–water partition coefficient (Wildman–Crippen LogP) is 3.75. The molecule has 122 valence electrons. The van der Waals surface area contributed by atoms with Crippen LogP contribution >= 0.6 is 0 Å². The summed E-state index contributed by atoms with van der Waals surface area (Å²) in [5.41, 5.74) is 6.05. The third kappa shape index (κ3) is 4.53. The van der Waals surface area contributed by atoms with Gasteiger partial charge in [-0.2, -0.15) is 0 Å². The van der Waals surface area contributed by atoms with Gasteiger partial charge < -0.3 is 19.9 Å². The van der Waals surface area contributed by atoms with Gasteiger partial charge in [-0.05, 0) is 42.5 Å². The summed E-state index contributed by atoms with van der Waals surface area (Å²) in [6.07, 6.45) is -4.77. The van der Waals surface area contributed by atoms with Crippen molar-refractivity contribution in [1.82, 2.24) is 0 Å². The highest BCUT2D eigenvalue weighted by Crippen LogP contribution is 2.30. The van der Waals surface area contributed by atoms with Gasteiger partial charge in [0.2, 0.25) is 0 Å². The third-order valence-corrected chi connectivity index (χ3v) is 2.69. The first-order chi connectivity index (χ1) is 10.8. The largest absolute Gasteiger partial charge is 0.573 e. The lowest BCUT2D eigenvalue weighted by molar-refractivity contribution is -0.274. The van der Waals surface area contributed by atoms with Gasteiger partial charge in [-0.15, -0.1) is 13.2 Å². The number of hydrogen-bond acceptors (Lipinski definition) is 5. The smallest absolute Gasteiger partial charge is 0.465 e. The van der Waals surface area contributed by atoms with E-state index in [1.165, 1.54) is 37.4 Å². The highest BCUT2D eigenvalue weighted by molar-refractivity contribution is 5.93. The molecule has 0 aromatic heterocycles. The molecule has 0 saturated heterocycles. The highest BCUT2D eigenvalue weighted by atomic mass is 19.4. The molecule has 5 nitrogen and oxygen atoms in total. The molecule has 0 saturated carbocycles. The molecule has 0 radical (unpaired) electrons. The molecular weight excluding hydrogens is 315 g/mol. The second-order valence-corrected chi connectivity index (χ2v) is 4.37. The maximum Gasteiger partial charge on any atom is 0.573 e. The van der Waals surface area contributed by atoms with Crippen molar-refractivity contribution in [3.8, 4) is 17.2 Å². The van der Waals surface area contributed by atoms with Crippen molar-refractivity contribution in [2.24, 2.45) is 0 Å². The molecule has 0 atom stereocenters. The van der Waals surface area contributed by atoms with Gasteiger partial charge in [-0.25, -0.2) is 4.79 Å². The number of carbonyl (C=O) groups excluding carboxylic acids is 1. The topological polar surface area (TPSA) is 70.8 Å². The number of alkyl halides is 3. The number of nitrogens with two attached hydrogens (primary N) is 1. The maximum absolute atomic E-state index is 12.1. The quantitative estimate of drug-likeness (QED) is 0.684. The number of halogens is 3. The molecular formula is C15H12F3NO4. The van der Waals surface area contributed by atoms with Crippen molar-refractivity contribution in [2.75, 3.05) is 12.8 Å². The van der Waals surface area contributed by atoms with Crippen LogP contribution in [0.4, 0.5) is 18.9 Å². The van der Waals surface area contributed by atoms with E-state index in [1.54, 1.807) is 0 Å². The summed E-state index contributed by atoms with van der Waals surface area (Å²) in [6, 6.07) is 9.10. The lowest BCUT2D eigenvalue weighted by atomic mass is 10.2. The Hall–Kier alpha value is -2.90. The zero-order chi connectivity index (χ0) is 17.0. The fourth-order valence-corrected chi connectivity index (χ4v) is 1.74. The highest BCUT2D eigenvalue weighted by Gasteiger charge is 2.31. The second-order valence-electron chi connectivity index (χ2n) is 4.37. The van der Waals surface area contributed by atoms with Crippen molar-refractivity contribution in [3.63, 3.8) is 0 Å². The Morgan fingerprint density at radius 1 is 1.04 bits per heavy atom. The van der Waals surface area contributed by atoms with Gasteiger partial charge in [0.1, 0.15) is 22.8 Å². The van der Waals surface area contributed by atoms with Gasteiger partial charge in [0.15, 0.2) is 0 Å². The lowest BCUT2D eigenvalue weighted by Crippen LogP contribution is -2.16. The molecule has 0 aliphatic heterocycles. The van der Waals surface area contributed by atoms with Crippen molar-refractivity contribution >= 4 is 11.7 Å². The maximum atomic E-state index is 12.1. The minimum Gasteiger partial charge on any atom is -0.465 e. The van der Waals surface area contributed by atoms with Crippen LogP contribution in [-0.4, -0.2) is 19.4 Å². The van der Waals surface area contributed by atoms with Gasteiger partial charge in [-0.3, -0.25) is 0 Å². The molecule has 2 rings (SSSR count). The number of nitrogen functional groups attached to an aromatic ring is 1. The van der Waals surface area contributed by atoms with E-state index >= 15 is 0 Å². The van der Waals surface area contributed by atoms with Crippen LogP contribution in [-0.2, 0) is 4.74 Å². The average molecular weight is 327 g/mol. The SMILES string of the molecule is COC(=O)c1cc(N)ccc1Oc1ccc(OC(F)(F)F)cc1. The molecule has 8 heteroatoms. The van der Waals surface area contributed by atoms with Crippen LogP contribution in [0.2, 0.25) is 0 Å². The molecule has 2 aromatic rings. The number of hydrogen-bond donors (Lipinski definition) is 1. The monoisotopic (exact) mass is 327 g/mol. The number of anilines is 1. The van der Waals surface area contributed by atoms with Crippen molar-refractivity contribution in [2.45, 2.75) is 6.36 Å². The summed E-state index contributed by atoms with van der Waals surface area (Å²) in [4.78, 5) is 11.7. The van der Waals surface area contributed by atoms with Crippen LogP contribution in [0.15, 0.2) is 42.5 Å². The standard InChI is InChI=1S/C15H12F3NO4/c1-21-14(20)12-8-9(19)2-7-13(12)22-10-3-5-11(6-4-10)23-15(16,17)18/h2-8H,19H2,1H3. The van der Waals surface area contributed by atoms with E-state index in [2.05, 4.69) is 9.47 Å². The summed E-state index contributed by atoms with van der Waals surface area (Å²) in [5, 5.41) is 0. The fourth-order valence-electron chi connectivity index (χ4n) is 1.74. The molecule has 23 heavy (non-hydrogen) atoms. The molecule has 0 bridgehead atoms. The van der Waals surface area contributed by atoms with Crippen LogP contribution in [0.3, 0.4) is 0 Å². The summed E-state index contributed by atoms with van der Waals surface area (Å²) in [7, 11) is 1.21. The second kappa shape index (κ2) is 6.47. The first kappa shape index (κ1) is 16.5. The first-order valence-corrected chi connectivity index (χ1v) is 6.30. The van der Waals surface area contributed by atoms with E-state index in [9.17, 15) is 18.0 Å². The van der Waals surface area contributed by atoms with Crippen LogP contribution < -0.4 is 15.2 Å². The molecule has 0 aliphatic carbocycles. The third-order valence-electron chi connectivity index (χ3n) is 2.69. The zero-order valence-electron chi connectivity index (χ0n) is 11.9. The van der Waals surface area contributed by atoms with E-state index in [1.807, 2.05) is 0 Å². The Bertz CT molecular complexity index is 699. The summed E-state index contributed by atoms with van der Waals surface area (Å²) in [6.45, 7) is 0. The molecule has 0 spiro atoms. The molecule has 2 N–H and O–H groups in total. The van der Waals surface area contributed by atoms with Gasteiger partial charge in [0.05, 0.1) is 7.11 Å². The number of ether oxygens (including phenoxy) is 3. The number of carbonyl (C=O) groups is 1. The molecule has 0 fully saturated rings. The Balaban J connectivity index is 2.21. The Labute approximate surface area is 129 Å².